The minimum absolute atomic E-state index is 0.539. The van der Waals surface area contributed by atoms with Gasteiger partial charge >= 0.3 is 0 Å². The van der Waals surface area contributed by atoms with Crippen LogP contribution in [0, 0.1) is 0 Å². The Bertz CT molecular complexity index is 7640. The lowest BCUT2D eigenvalue weighted by Gasteiger charge is -2.15. The van der Waals surface area contributed by atoms with Crippen LogP contribution in [0.2, 0.25) is 0 Å². The molecule has 0 spiro atoms. The van der Waals surface area contributed by atoms with Crippen LogP contribution in [0.5, 0.6) is 0 Å². The number of fused-ring (bicyclic) bond motifs is 26. The molecule has 10 aromatic heterocycles. The summed E-state index contributed by atoms with van der Waals surface area (Å²) in [7, 11) is 0. The Morgan fingerprint density at radius 1 is 0.138 bits per heavy atom. The zero-order chi connectivity index (χ0) is 75.8. The summed E-state index contributed by atoms with van der Waals surface area (Å²) in [6.07, 6.45) is 0. The molecule has 13 nitrogen and oxygen atoms in total. The molecule has 0 unspecified atom stereocenters. The zero-order valence-corrected chi connectivity index (χ0v) is 62.2. The van der Waals surface area contributed by atoms with E-state index in [9.17, 15) is 0 Å². The molecule has 0 aliphatic carbocycles. The first-order valence-corrected chi connectivity index (χ1v) is 39.3. The van der Waals surface area contributed by atoms with Gasteiger partial charge in [0.2, 0.25) is 23.8 Å². The van der Waals surface area contributed by atoms with Crippen molar-refractivity contribution >= 4 is 174 Å². The van der Waals surface area contributed by atoms with Gasteiger partial charge in [0.05, 0.1) is 88.3 Å². The lowest BCUT2D eigenvalue weighted by molar-refractivity contribution is 0.848. The van der Waals surface area contributed by atoms with Gasteiger partial charge in [-0.1, -0.05) is 267 Å². The largest absolute Gasteiger partial charge is 0.309 e. The molecule has 13 heteroatoms. The smallest absolute Gasteiger partial charge is 0.241 e. The molecule has 540 valence electrons. The van der Waals surface area contributed by atoms with E-state index in [4.69, 9.17) is 24.9 Å². The highest BCUT2D eigenvalue weighted by Gasteiger charge is 2.29. The number of hydrogen-bond acceptors (Lipinski definition) is 5. The second-order valence-corrected chi connectivity index (χ2v) is 29.9. The van der Waals surface area contributed by atoms with Gasteiger partial charge < -0.3 is 9.13 Å². The zero-order valence-electron chi connectivity index (χ0n) is 62.2. The highest BCUT2D eigenvalue weighted by atomic mass is 15.3. The normalized spacial score (nSPS) is 12.1. The molecule has 0 bridgehead atoms. The molecule has 0 aliphatic heterocycles. The number of para-hydroxylation sites is 14. The van der Waals surface area contributed by atoms with Gasteiger partial charge in [-0.3, -0.25) is 27.4 Å². The Morgan fingerprint density at radius 2 is 0.336 bits per heavy atom. The van der Waals surface area contributed by atoms with Crippen molar-refractivity contribution in [3.8, 4) is 46.8 Å². The maximum absolute atomic E-state index is 5.59. The predicted octanol–water partition coefficient (Wildman–Crippen LogP) is 25.1. The number of aromatic nitrogens is 13. The third-order valence-electron chi connectivity index (χ3n) is 23.8. The lowest BCUT2D eigenvalue weighted by atomic mass is 10.1. The molecule has 0 atom stereocenters. The first-order chi connectivity index (χ1) is 57.6. The molecule has 0 saturated heterocycles. The van der Waals surface area contributed by atoms with Gasteiger partial charge in [0, 0.05) is 104 Å². The fourth-order valence-corrected chi connectivity index (χ4v) is 19.1. The van der Waals surface area contributed by atoms with Gasteiger partial charge in [-0.2, -0.15) is 24.9 Å². The summed E-state index contributed by atoms with van der Waals surface area (Å²) in [5.41, 5.74) is 19.5. The van der Waals surface area contributed by atoms with Crippen molar-refractivity contribution in [1.29, 1.82) is 0 Å². The second-order valence-electron chi connectivity index (χ2n) is 29.9. The molecule has 0 fully saturated rings. The van der Waals surface area contributed by atoms with Crippen molar-refractivity contribution in [3.05, 3.63) is 382 Å². The Hall–Kier alpha value is -16.0. The number of benzene rings is 16. The molecule has 0 N–H and O–H groups in total. The Balaban J connectivity index is 0.000000130. The minimum atomic E-state index is 0.539. The van der Waals surface area contributed by atoms with Crippen LogP contribution < -0.4 is 0 Å². The maximum atomic E-state index is 5.59. The first-order valence-electron chi connectivity index (χ1n) is 39.3. The molecule has 0 saturated carbocycles. The van der Waals surface area contributed by atoms with E-state index in [1.807, 2.05) is 0 Å². The fourth-order valence-electron chi connectivity index (χ4n) is 19.1. The minimum Gasteiger partial charge on any atom is -0.309 e. The SMILES string of the molecule is c1ccc(-n2c3ccccc3c3ccc4c(c5ccccc5n4-c4nc(-n5c6ccccc6c6ccccc65)cc(-n5c6ccccc6c6ccccc65)n4)c32)cc1.c1ccc(-n2c3ccccc3c3ccc4c(c5ccccc5n4-c4nc(-n5c6ccccc6c6ccccc65)nc(-n5c6ccccc6c6ccccc65)n4)c32)cc1. The molecule has 116 heavy (non-hydrogen) atoms. The molecule has 26 aromatic rings. The van der Waals surface area contributed by atoms with E-state index in [-0.39, 0.29) is 0 Å². The molecular formula is C103H63N13. The quantitative estimate of drug-likeness (QED) is 0.151. The Labute approximate surface area is 660 Å². The number of hydrogen-bond donors (Lipinski definition) is 0. The van der Waals surface area contributed by atoms with Crippen LogP contribution in [-0.4, -0.2) is 61.5 Å². The number of nitrogens with zero attached hydrogens (tertiary/aromatic N) is 13. The number of rotatable bonds is 8. The van der Waals surface area contributed by atoms with E-state index in [0.717, 1.165) is 143 Å². The van der Waals surface area contributed by atoms with Crippen molar-refractivity contribution in [2.75, 3.05) is 0 Å². The second kappa shape index (κ2) is 24.8. The van der Waals surface area contributed by atoms with Crippen molar-refractivity contribution < 1.29 is 0 Å². The van der Waals surface area contributed by atoms with Crippen LogP contribution in [0.1, 0.15) is 0 Å². The van der Waals surface area contributed by atoms with Gasteiger partial charge in [-0.15, -0.1) is 0 Å². The third-order valence-corrected chi connectivity index (χ3v) is 23.8. The van der Waals surface area contributed by atoms with E-state index in [0.29, 0.717) is 23.8 Å². The van der Waals surface area contributed by atoms with Gasteiger partial charge in [0.25, 0.3) is 0 Å². The van der Waals surface area contributed by atoms with Gasteiger partial charge in [0.15, 0.2) is 0 Å². The highest BCUT2D eigenvalue weighted by Crippen LogP contribution is 2.46. The molecule has 0 aliphatic rings. The maximum Gasteiger partial charge on any atom is 0.241 e. The Morgan fingerprint density at radius 3 is 0.612 bits per heavy atom. The van der Waals surface area contributed by atoms with E-state index in [1.165, 1.54) is 54.1 Å². The first kappa shape index (κ1) is 63.8. The summed E-state index contributed by atoms with van der Waals surface area (Å²) < 4.78 is 18.3. The van der Waals surface area contributed by atoms with Gasteiger partial charge in [-0.05, 0) is 109 Å². The topological polar surface area (TPSA) is 104 Å². The van der Waals surface area contributed by atoms with Crippen LogP contribution in [0.25, 0.3) is 221 Å². The van der Waals surface area contributed by atoms with Crippen molar-refractivity contribution in [2.45, 2.75) is 0 Å². The highest BCUT2D eigenvalue weighted by molar-refractivity contribution is 6.28. The summed E-state index contributed by atoms with van der Waals surface area (Å²) >= 11 is 0. The predicted molar refractivity (Wildman–Crippen MR) is 477 cm³/mol. The van der Waals surface area contributed by atoms with Gasteiger partial charge in [0.1, 0.15) is 11.6 Å². The standard InChI is InChI=1S/C52H32N6.C51H31N7/c1-2-16-33(17-3-1)55-41-24-10-8-22-38(41)39-30-31-47-50(51(39)55)40-23-9-15-29-46(40)58(47)52-53-48(56-42-25-11-4-18-34(42)35-19-5-12-26-43(35)56)32-49(54-52)57-44-27-13-6-20-36(44)37-21-7-14-28-45(37)57;1-2-16-32(17-3-1)55-40-24-10-8-22-37(40)38-30-31-46-47(48(38)55)39-23-9-15-29-45(39)58(46)51-53-49(56-41-25-11-4-18-33(41)34-19-5-12-26-42(34)56)52-50(54-51)57-43-27-13-6-20-35(43)36-21-7-14-28-44(36)57/h1-32H;1-31H. The van der Waals surface area contributed by atoms with E-state index in [2.05, 4.69) is 419 Å². The summed E-state index contributed by atoms with van der Waals surface area (Å²) in [5, 5.41) is 18.7. The van der Waals surface area contributed by atoms with E-state index in [1.54, 1.807) is 0 Å². The van der Waals surface area contributed by atoms with Crippen molar-refractivity contribution in [1.82, 2.24) is 61.5 Å². The van der Waals surface area contributed by atoms with Crippen molar-refractivity contribution in [3.63, 3.8) is 0 Å². The average molecular weight is 1480 g/mol. The molecule has 16 aromatic carbocycles. The van der Waals surface area contributed by atoms with Crippen molar-refractivity contribution in [2.24, 2.45) is 0 Å². The molecule has 0 radical (unpaired) electrons. The molecule has 0 amide bonds. The van der Waals surface area contributed by atoms with Gasteiger partial charge in [-0.25, -0.2) is 0 Å². The van der Waals surface area contributed by atoms with E-state index >= 15 is 0 Å². The van der Waals surface area contributed by atoms with E-state index < -0.39 is 0 Å². The monoisotopic (exact) mass is 1480 g/mol. The fraction of sp³-hybridized carbons (Fsp3) is 0. The third kappa shape index (κ3) is 9.12. The lowest BCUT2D eigenvalue weighted by Crippen LogP contribution is -2.13. The Kier molecular flexibility index (Phi) is 13.6. The average Bonchev–Trinajstić information content (AvgIpc) is 1.54. The molecule has 10 heterocycles. The molecule has 26 rings (SSSR count). The van der Waals surface area contributed by atoms with Crippen LogP contribution in [0.15, 0.2) is 382 Å². The summed E-state index contributed by atoms with van der Waals surface area (Å²) in [4.78, 5) is 27.5. The summed E-state index contributed by atoms with van der Waals surface area (Å²) in [6.45, 7) is 0. The van der Waals surface area contributed by atoms with Crippen LogP contribution in [-0.2, 0) is 0 Å². The van der Waals surface area contributed by atoms with Crippen LogP contribution in [0.4, 0.5) is 0 Å². The molecular weight excluding hydrogens is 1420 g/mol. The van der Waals surface area contributed by atoms with Crippen LogP contribution in [0.3, 0.4) is 0 Å². The summed E-state index contributed by atoms with van der Waals surface area (Å²) in [5.74, 6) is 3.82. The summed E-state index contributed by atoms with van der Waals surface area (Å²) in [6, 6.07) is 136. The van der Waals surface area contributed by atoms with Crippen LogP contribution >= 0.6 is 0 Å².